The largest absolute Gasteiger partial charge is 0.294 e. The minimum Gasteiger partial charge on any atom is -0.294 e. The van der Waals surface area contributed by atoms with Gasteiger partial charge < -0.3 is 0 Å². The van der Waals surface area contributed by atoms with E-state index in [1.54, 1.807) is 11.3 Å². The van der Waals surface area contributed by atoms with Gasteiger partial charge in [0.1, 0.15) is 0 Å². The van der Waals surface area contributed by atoms with Crippen molar-refractivity contribution in [3.63, 3.8) is 0 Å². The van der Waals surface area contributed by atoms with Crippen LogP contribution in [0.1, 0.15) is 16.1 Å². The normalized spacial score (nSPS) is 15.0. The van der Waals surface area contributed by atoms with E-state index >= 15 is 0 Å². The van der Waals surface area contributed by atoms with Crippen LogP contribution in [0.15, 0.2) is 41.2 Å². The molecule has 1 aliphatic rings. The highest BCUT2D eigenvalue weighted by Gasteiger charge is 2.19. The van der Waals surface area contributed by atoms with E-state index in [4.69, 9.17) is 4.98 Å². The first kappa shape index (κ1) is 13.1. The molecule has 0 atom stereocenters. The summed E-state index contributed by atoms with van der Waals surface area (Å²) in [5, 5.41) is 4.21. The number of fused-ring (bicyclic) bond motifs is 1. The van der Waals surface area contributed by atoms with Crippen molar-refractivity contribution >= 4 is 22.7 Å². The van der Waals surface area contributed by atoms with Gasteiger partial charge in [-0.3, -0.25) is 4.90 Å². The number of nitrogens with zero attached hydrogens (tertiary/aromatic N) is 3. The molecule has 5 heteroatoms. The lowest BCUT2D eigenvalue weighted by Crippen LogP contribution is -2.30. The summed E-state index contributed by atoms with van der Waals surface area (Å²) in [5.74, 6) is 0.871. The van der Waals surface area contributed by atoms with Crippen molar-refractivity contribution in [3.05, 3.63) is 57.4 Å². The molecular weight excluding hydrogens is 298 g/mol. The summed E-state index contributed by atoms with van der Waals surface area (Å²) in [6, 6.07) is 8.45. The maximum Gasteiger partial charge on any atom is 0.169 e. The molecule has 21 heavy (non-hydrogen) atoms. The van der Waals surface area contributed by atoms with Crippen molar-refractivity contribution in [2.24, 2.45) is 0 Å². The second-order valence-electron chi connectivity index (χ2n) is 5.18. The fourth-order valence-corrected chi connectivity index (χ4v) is 4.07. The zero-order chi connectivity index (χ0) is 14.1. The monoisotopic (exact) mass is 313 g/mol. The number of hydrogen-bond acceptors (Lipinski definition) is 5. The van der Waals surface area contributed by atoms with E-state index in [-0.39, 0.29) is 0 Å². The Balaban J connectivity index is 1.54. The molecule has 0 spiro atoms. The van der Waals surface area contributed by atoms with Crippen LogP contribution in [0.2, 0.25) is 0 Å². The van der Waals surface area contributed by atoms with Gasteiger partial charge >= 0.3 is 0 Å². The van der Waals surface area contributed by atoms with E-state index in [0.717, 1.165) is 36.8 Å². The lowest BCUT2D eigenvalue weighted by Gasteiger charge is -2.27. The van der Waals surface area contributed by atoms with Gasteiger partial charge in [0.25, 0.3) is 0 Å². The van der Waals surface area contributed by atoms with Crippen molar-refractivity contribution in [2.45, 2.75) is 19.5 Å². The molecule has 4 rings (SSSR count). The molecule has 4 heterocycles. The second kappa shape index (κ2) is 5.67. The predicted octanol–water partition coefficient (Wildman–Crippen LogP) is 3.82. The smallest absolute Gasteiger partial charge is 0.169 e. The van der Waals surface area contributed by atoms with E-state index < -0.39 is 0 Å². The van der Waals surface area contributed by atoms with Crippen molar-refractivity contribution in [2.75, 3.05) is 6.54 Å². The zero-order valence-corrected chi connectivity index (χ0v) is 13.2. The molecule has 0 fully saturated rings. The molecular formula is C16H15N3S2. The molecule has 0 radical (unpaired) electrons. The highest BCUT2D eigenvalue weighted by Crippen LogP contribution is 2.25. The summed E-state index contributed by atoms with van der Waals surface area (Å²) in [7, 11) is 0. The molecule has 3 aromatic rings. The molecule has 0 saturated carbocycles. The van der Waals surface area contributed by atoms with Gasteiger partial charge in [-0.15, -0.1) is 22.7 Å². The van der Waals surface area contributed by atoms with Crippen molar-refractivity contribution in [1.29, 1.82) is 0 Å². The Labute approximate surface area is 131 Å². The maximum absolute atomic E-state index is 4.76. The lowest BCUT2D eigenvalue weighted by molar-refractivity contribution is 0.245. The first-order chi connectivity index (χ1) is 10.4. The molecule has 0 aliphatic carbocycles. The minimum absolute atomic E-state index is 0.871. The Morgan fingerprint density at radius 3 is 2.86 bits per heavy atom. The van der Waals surface area contributed by atoms with Crippen LogP contribution in [-0.2, 0) is 19.5 Å². The number of hydrogen-bond donors (Lipinski definition) is 0. The van der Waals surface area contributed by atoms with Gasteiger partial charge in [-0.05, 0) is 22.9 Å². The Bertz CT molecular complexity index is 720. The standard InChI is InChI=1S/C16H15N3S2/c1-3-13(20-7-1)11-19-6-5-14-12(10-19)9-17-16(18-14)15-4-2-8-21-15/h1-4,7-9H,5-6,10-11H2. The van der Waals surface area contributed by atoms with Crippen LogP contribution in [0.3, 0.4) is 0 Å². The maximum atomic E-state index is 4.76. The van der Waals surface area contributed by atoms with Crippen molar-refractivity contribution in [1.82, 2.24) is 14.9 Å². The summed E-state index contributed by atoms with van der Waals surface area (Å²) in [4.78, 5) is 14.4. The summed E-state index contributed by atoms with van der Waals surface area (Å²) < 4.78 is 0. The Kier molecular flexibility index (Phi) is 3.55. The fraction of sp³-hybridized carbons (Fsp3) is 0.250. The van der Waals surface area contributed by atoms with E-state index in [1.807, 2.05) is 23.6 Å². The van der Waals surface area contributed by atoms with Crippen LogP contribution in [-0.4, -0.2) is 21.4 Å². The van der Waals surface area contributed by atoms with Crippen LogP contribution in [0, 0.1) is 0 Å². The summed E-state index contributed by atoms with van der Waals surface area (Å²) in [6.45, 7) is 3.06. The van der Waals surface area contributed by atoms with Gasteiger partial charge in [0.05, 0.1) is 10.6 Å². The van der Waals surface area contributed by atoms with E-state index in [2.05, 4.69) is 38.8 Å². The first-order valence-corrected chi connectivity index (χ1v) is 8.78. The topological polar surface area (TPSA) is 29.0 Å². The molecule has 0 amide bonds. The third-order valence-electron chi connectivity index (χ3n) is 3.71. The number of thiophene rings is 2. The van der Waals surface area contributed by atoms with Gasteiger partial charge in [0, 0.05) is 42.7 Å². The number of rotatable bonds is 3. The van der Waals surface area contributed by atoms with Crippen LogP contribution < -0.4 is 0 Å². The zero-order valence-electron chi connectivity index (χ0n) is 11.5. The molecule has 0 saturated heterocycles. The second-order valence-corrected chi connectivity index (χ2v) is 7.16. The SMILES string of the molecule is c1csc(CN2CCc3nc(-c4cccs4)ncc3C2)c1. The highest BCUT2D eigenvalue weighted by atomic mass is 32.1. The molecule has 0 aromatic carbocycles. The average molecular weight is 313 g/mol. The summed E-state index contributed by atoms with van der Waals surface area (Å²) in [6.07, 6.45) is 3.03. The van der Waals surface area contributed by atoms with Crippen molar-refractivity contribution in [3.8, 4) is 10.7 Å². The summed E-state index contributed by atoms with van der Waals surface area (Å²) in [5.41, 5.74) is 2.49. The van der Waals surface area contributed by atoms with Gasteiger partial charge in [-0.2, -0.15) is 0 Å². The van der Waals surface area contributed by atoms with Crippen LogP contribution in [0.5, 0.6) is 0 Å². The quantitative estimate of drug-likeness (QED) is 0.736. The molecule has 3 nitrogen and oxygen atoms in total. The van der Waals surface area contributed by atoms with Crippen LogP contribution >= 0.6 is 22.7 Å². The third-order valence-corrected chi connectivity index (χ3v) is 5.44. The number of aromatic nitrogens is 2. The molecule has 106 valence electrons. The van der Waals surface area contributed by atoms with Gasteiger partial charge in [0.2, 0.25) is 0 Å². The Morgan fingerprint density at radius 1 is 1.14 bits per heavy atom. The van der Waals surface area contributed by atoms with Gasteiger partial charge in [0.15, 0.2) is 5.82 Å². The third kappa shape index (κ3) is 2.77. The molecule has 0 bridgehead atoms. The molecule has 3 aromatic heterocycles. The highest BCUT2D eigenvalue weighted by molar-refractivity contribution is 7.13. The predicted molar refractivity (Wildman–Crippen MR) is 87.5 cm³/mol. The molecule has 0 unspecified atom stereocenters. The van der Waals surface area contributed by atoms with E-state index in [0.29, 0.717) is 0 Å². The van der Waals surface area contributed by atoms with E-state index in [9.17, 15) is 0 Å². The van der Waals surface area contributed by atoms with Crippen LogP contribution in [0.4, 0.5) is 0 Å². The molecule has 0 N–H and O–H groups in total. The van der Waals surface area contributed by atoms with E-state index in [1.165, 1.54) is 16.1 Å². The van der Waals surface area contributed by atoms with Crippen LogP contribution in [0.25, 0.3) is 10.7 Å². The minimum atomic E-state index is 0.871. The molecule has 1 aliphatic heterocycles. The fourth-order valence-electron chi connectivity index (χ4n) is 2.66. The van der Waals surface area contributed by atoms with Gasteiger partial charge in [-0.1, -0.05) is 12.1 Å². The summed E-state index contributed by atoms with van der Waals surface area (Å²) >= 11 is 3.52. The Hall–Kier alpha value is -1.56. The Morgan fingerprint density at radius 2 is 2.05 bits per heavy atom. The average Bonchev–Trinajstić information content (AvgIpc) is 3.20. The first-order valence-electron chi connectivity index (χ1n) is 7.02. The van der Waals surface area contributed by atoms with Gasteiger partial charge in [-0.25, -0.2) is 9.97 Å². The lowest BCUT2D eigenvalue weighted by atomic mass is 10.1. The van der Waals surface area contributed by atoms with Crippen molar-refractivity contribution < 1.29 is 0 Å².